The van der Waals surface area contributed by atoms with E-state index >= 15 is 0 Å². The Kier molecular flexibility index (Phi) is 8.43. The van der Waals surface area contributed by atoms with E-state index in [0.717, 1.165) is 38.9 Å². The summed E-state index contributed by atoms with van der Waals surface area (Å²) in [6.07, 6.45) is 2.61. The molecule has 0 aromatic heterocycles. The van der Waals surface area contributed by atoms with Gasteiger partial charge in [0.05, 0.1) is 6.10 Å². The molecule has 5 heteroatoms. The maximum atomic E-state index is 12.2. The van der Waals surface area contributed by atoms with Crippen molar-refractivity contribution in [1.82, 2.24) is 15.1 Å². The second-order valence-electron chi connectivity index (χ2n) is 8.42. The molecule has 0 spiro atoms. The van der Waals surface area contributed by atoms with Gasteiger partial charge in [0.15, 0.2) is 0 Å². The molecular weight excluding hydrogens is 374 g/mol. The van der Waals surface area contributed by atoms with Gasteiger partial charge in [0, 0.05) is 43.8 Å². The van der Waals surface area contributed by atoms with Gasteiger partial charge < -0.3 is 15.3 Å². The van der Waals surface area contributed by atoms with Crippen molar-refractivity contribution >= 4 is 5.91 Å². The van der Waals surface area contributed by atoms with E-state index in [9.17, 15) is 9.90 Å². The third kappa shape index (κ3) is 6.39. The Hall–Kier alpha value is -2.21. The summed E-state index contributed by atoms with van der Waals surface area (Å²) in [7, 11) is 2.18. The standard InChI is InChI=1S/C25H35N3O2/c1-20(10-9-16-26-25(30)22-13-7-4-8-14-22)27(2)19-24(21-11-5-3-6-12-21)28-17-15-23(29)18-28/h3-8,11-14,20,23-24,29H,9-10,15-19H2,1-2H3,(H,26,30)/t20?,23-,24+/m0/s1. The van der Waals surface area contributed by atoms with Crippen molar-refractivity contribution in [2.45, 2.75) is 44.4 Å². The number of likely N-dealkylation sites (tertiary alicyclic amines) is 1. The van der Waals surface area contributed by atoms with Gasteiger partial charge in [0.2, 0.25) is 0 Å². The van der Waals surface area contributed by atoms with Crippen LogP contribution in [0.15, 0.2) is 60.7 Å². The predicted octanol–water partition coefficient (Wildman–Crippen LogP) is 3.32. The molecule has 0 radical (unpaired) electrons. The summed E-state index contributed by atoms with van der Waals surface area (Å²) in [5.74, 6) is -0.00617. The number of benzene rings is 2. The Balaban J connectivity index is 1.47. The molecule has 3 atom stereocenters. The largest absolute Gasteiger partial charge is 0.392 e. The van der Waals surface area contributed by atoms with E-state index in [1.165, 1.54) is 5.56 Å². The number of amides is 1. The first-order chi connectivity index (χ1) is 14.5. The fourth-order valence-electron chi connectivity index (χ4n) is 4.12. The van der Waals surface area contributed by atoms with Crippen LogP contribution in [0, 0.1) is 0 Å². The van der Waals surface area contributed by atoms with Gasteiger partial charge in [-0.25, -0.2) is 0 Å². The molecule has 0 saturated carbocycles. The zero-order valence-electron chi connectivity index (χ0n) is 18.2. The molecule has 2 aromatic rings. The molecular formula is C25H35N3O2. The molecule has 1 amide bonds. The maximum absolute atomic E-state index is 12.2. The minimum atomic E-state index is -0.216. The Bertz CT molecular complexity index is 768. The molecule has 162 valence electrons. The first kappa shape index (κ1) is 22.5. The lowest BCUT2D eigenvalue weighted by molar-refractivity contribution is 0.0950. The number of likely N-dealkylation sites (N-methyl/N-ethyl adjacent to an activating group) is 1. The molecule has 1 fully saturated rings. The van der Waals surface area contributed by atoms with Gasteiger partial charge in [-0.1, -0.05) is 48.5 Å². The molecule has 3 rings (SSSR count). The van der Waals surface area contributed by atoms with Crippen molar-refractivity contribution in [2.24, 2.45) is 0 Å². The van der Waals surface area contributed by atoms with Crippen LogP contribution in [-0.4, -0.2) is 66.2 Å². The molecule has 30 heavy (non-hydrogen) atoms. The number of β-amino-alcohol motifs (C(OH)–C–C–N with tert-alkyl or cyclic N) is 1. The first-order valence-electron chi connectivity index (χ1n) is 11.0. The Labute approximate surface area is 180 Å². The summed E-state index contributed by atoms with van der Waals surface area (Å²) < 4.78 is 0. The van der Waals surface area contributed by atoms with E-state index in [0.29, 0.717) is 18.2 Å². The van der Waals surface area contributed by atoms with Crippen LogP contribution in [0.2, 0.25) is 0 Å². The highest BCUT2D eigenvalue weighted by Gasteiger charge is 2.29. The lowest BCUT2D eigenvalue weighted by Gasteiger charge is -2.34. The zero-order valence-corrected chi connectivity index (χ0v) is 18.2. The Morgan fingerprint density at radius 3 is 2.47 bits per heavy atom. The van der Waals surface area contributed by atoms with Crippen molar-refractivity contribution in [2.75, 3.05) is 33.2 Å². The predicted molar refractivity (Wildman–Crippen MR) is 121 cm³/mol. The van der Waals surface area contributed by atoms with Crippen molar-refractivity contribution in [3.05, 3.63) is 71.8 Å². The number of nitrogens with one attached hydrogen (secondary N) is 1. The van der Waals surface area contributed by atoms with E-state index in [1.54, 1.807) is 0 Å². The molecule has 1 heterocycles. The third-order valence-corrected chi connectivity index (χ3v) is 6.15. The van der Waals surface area contributed by atoms with E-state index in [-0.39, 0.29) is 18.1 Å². The quantitative estimate of drug-likeness (QED) is 0.591. The first-order valence-corrected chi connectivity index (χ1v) is 11.0. The molecule has 1 saturated heterocycles. The van der Waals surface area contributed by atoms with Gasteiger partial charge in [-0.15, -0.1) is 0 Å². The number of nitrogens with zero attached hydrogens (tertiary/aromatic N) is 2. The van der Waals surface area contributed by atoms with Crippen LogP contribution >= 0.6 is 0 Å². The van der Waals surface area contributed by atoms with Crippen LogP contribution in [-0.2, 0) is 0 Å². The molecule has 5 nitrogen and oxygen atoms in total. The number of rotatable bonds is 10. The number of carbonyl (C=O) groups is 1. The zero-order chi connectivity index (χ0) is 21.3. The van der Waals surface area contributed by atoms with Gasteiger partial charge in [0.25, 0.3) is 5.91 Å². The smallest absolute Gasteiger partial charge is 0.251 e. The molecule has 1 unspecified atom stereocenters. The summed E-state index contributed by atoms with van der Waals surface area (Å²) in [6, 6.07) is 20.7. The SMILES string of the molecule is CC(CCCNC(=O)c1ccccc1)N(C)C[C@H](c1ccccc1)N1CC[C@H](O)C1. The van der Waals surface area contributed by atoms with Crippen molar-refractivity contribution < 1.29 is 9.90 Å². The summed E-state index contributed by atoms with van der Waals surface area (Å²) in [5, 5.41) is 13.0. The van der Waals surface area contributed by atoms with Crippen LogP contribution in [0.1, 0.15) is 48.1 Å². The van der Waals surface area contributed by atoms with Gasteiger partial charge in [-0.2, -0.15) is 0 Å². The van der Waals surface area contributed by atoms with Crippen LogP contribution in [0.5, 0.6) is 0 Å². The molecule has 1 aliphatic rings. The van der Waals surface area contributed by atoms with Crippen LogP contribution in [0.25, 0.3) is 0 Å². The van der Waals surface area contributed by atoms with E-state index in [1.807, 2.05) is 30.3 Å². The van der Waals surface area contributed by atoms with Gasteiger partial charge in [-0.05, 0) is 50.9 Å². The average molecular weight is 410 g/mol. The van der Waals surface area contributed by atoms with E-state index < -0.39 is 0 Å². The molecule has 1 aliphatic heterocycles. The summed E-state index contributed by atoms with van der Waals surface area (Å²) >= 11 is 0. The number of hydrogen-bond acceptors (Lipinski definition) is 4. The highest BCUT2D eigenvalue weighted by molar-refractivity contribution is 5.94. The van der Waals surface area contributed by atoms with Gasteiger partial charge in [-0.3, -0.25) is 9.69 Å². The average Bonchev–Trinajstić information content (AvgIpc) is 3.21. The second kappa shape index (κ2) is 11.3. The Morgan fingerprint density at radius 2 is 1.83 bits per heavy atom. The number of carbonyl (C=O) groups excluding carboxylic acids is 1. The van der Waals surface area contributed by atoms with E-state index in [4.69, 9.17) is 0 Å². The summed E-state index contributed by atoms with van der Waals surface area (Å²) in [4.78, 5) is 17.0. The topological polar surface area (TPSA) is 55.8 Å². The molecule has 0 aliphatic carbocycles. The van der Waals surface area contributed by atoms with Crippen LogP contribution in [0.4, 0.5) is 0 Å². The van der Waals surface area contributed by atoms with Crippen molar-refractivity contribution in [3.63, 3.8) is 0 Å². The molecule has 2 N–H and O–H groups in total. The lowest BCUT2D eigenvalue weighted by Crippen LogP contribution is -2.40. The second-order valence-corrected chi connectivity index (χ2v) is 8.42. The summed E-state index contributed by atoms with van der Waals surface area (Å²) in [5.41, 5.74) is 2.02. The normalized spacial score (nSPS) is 19.0. The molecule has 0 bridgehead atoms. The van der Waals surface area contributed by atoms with Crippen LogP contribution < -0.4 is 5.32 Å². The van der Waals surface area contributed by atoms with Gasteiger partial charge >= 0.3 is 0 Å². The highest BCUT2D eigenvalue weighted by Crippen LogP contribution is 2.26. The molecule has 2 aromatic carbocycles. The third-order valence-electron chi connectivity index (χ3n) is 6.15. The number of aliphatic hydroxyl groups is 1. The Morgan fingerprint density at radius 1 is 1.17 bits per heavy atom. The van der Waals surface area contributed by atoms with Crippen LogP contribution in [0.3, 0.4) is 0 Å². The number of hydrogen-bond donors (Lipinski definition) is 2. The highest BCUT2D eigenvalue weighted by atomic mass is 16.3. The van der Waals surface area contributed by atoms with E-state index in [2.05, 4.69) is 59.4 Å². The summed E-state index contributed by atoms with van der Waals surface area (Å²) in [6.45, 7) is 5.54. The number of aliphatic hydroxyl groups excluding tert-OH is 1. The van der Waals surface area contributed by atoms with Crippen molar-refractivity contribution in [1.29, 1.82) is 0 Å². The minimum Gasteiger partial charge on any atom is -0.392 e. The lowest BCUT2D eigenvalue weighted by atomic mass is 10.0. The maximum Gasteiger partial charge on any atom is 0.251 e. The fourth-order valence-corrected chi connectivity index (χ4v) is 4.12. The monoisotopic (exact) mass is 409 g/mol. The fraction of sp³-hybridized carbons (Fsp3) is 0.480. The van der Waals surface area contributed by atoms with Gasteiger partial charge in [0.1, 0.15) is 0 Å². The minimum absolute atomic E-state index is 0.00617. The van der Waals surface area contributed by atoms with Crippen molar-refractivity contribution in [3.8, 4) is 0 Å².